The maximum atomic E-state index is 11.7. The van der Waals surface area contributed by atoms with Crippen molar-refractivity contribution in [3.63, 3.8) is 0 Å². The molecule has 0 saturated heterocycles. The van der Waals surface area contributed by atoms with Crippen LogP contribution >= 0.6 is 0 Å². The van der Waals surface area contributed by atoms with Crippen molar-refractivity contribution in [2.75, 3.05) is 0 Å². The molecule has 0 spiro atoms. The van der Waals surface area contributed by atoms with Crippen molar-refractivity contribution in [1.82, 2.24) is 5.32 Å². The Morgan fingerprint density at radius 3 is 2.00 bits per heavy atom. The molecule has 4 heteroatoms. The van der Waals surface area contributed by atoms with E-state index in [0.717, 1.165) is 0 Å². The number of amides is 1. The molecule has 0 rings (SSSR count). The molecule has 17 heavy (non-hydrogen) atoms. The van der Waals surface area contributed by atoms with Crippen LogP contribution in [0.5, 0.6) is 0 Å². The second-order valence-electron chi connectivity index (χ2n) is 5.95. The van der Waals surface area contributed by atoms with Crippen molar-refractivity contribution in [2.45, 2.75) is 54.0 Å². The van der Waals surface area contributed by atoms with E-state index in [-0.39, 0.29) is 23.3 Å². The average Bonchev–Trinajstić information content (AvgIpc) is 2.14. The van der Waals surface area contributed by atoms with Crippen molar-refractivity contribution in [2.24, 2.45) is 17.3 Å². The van der Waals surface area contributed by atoms with E-state index >= 15 is 0 Å². The van der Waals surface area contributed by atoms with Gasteiger partial charge in [-0.05, 0) is 25.2 Å². The molecule has 3 unspecified atom stereocenters. The lowest BCUT2D eigenvalue weighted by molar-refractivity contribution is -0.142. The summed E-state index contributed by atoms with van der Waals surface area (Å²) in [6, 6.07) is -0.341. The van der Waals surface area contributed by atoms with Gasteiger partial charge in [0.25, 0.3) is 0 Å². The number of aliphatic carboxylic acids is 1. The zero-order valence-electron chi connectivity index (χ0n) is 11.7. The third kappa shape index (κ3) is 5.71. The molecule has 0 saturated carbocycles. The lowest BCUT2D eigenvalue weighted by Crippen LogP contribution is -2.41. The van der Waals surface area contributed by atoms with E-state index in [1.807, 2.05) is 6.92 Å². The van der Waals surface area contributed by atoms with Gasteiger partial charge in [0.2, 0.25) is 5.91 Å². The highest BCUT2D eigenvalue weighted by Gasteiger charge is 2.25. The predicted octanol–water partition coefficient (Wildman–Crippen LogP) is 2.28. The van der Waals surface area contributed by atoms with E-state index in [9.17, 15) is 9.59 Å². The fourth-order valence-corrected chi connectivity index (χ4v) is 1.24. The summed E-state index contributed by atoms with van der Waals surface area (Å²) in [5, 5.41) is 11.6. The highest BCUT2D eigenvalue weighted by Crippen LogP contribution is 2.27. The molecule has 0 aromatic heterocycles. The Kier molecular flexibility index (Phi) is 5.66. The van der Waals surface area contributed by atoms with Crippen LogP contribution in [0, 0.1) is 17.3 Å². The summed E-state index contributed by atoms with van der Waals surface area (Å²) in [6.07, 6.45) is 0.431. The summed E-state index contributed by atoms with van der Waals surface area (Å²) in [7, 11) is 0. The van der Waals surface area contributed by atoms with E-state index in [0.29, 0.717) is 6.42 Å². The van der Waals surface area contributed by atoms with Crippen molar-refractivity contribution < 1.29 is 14.7 Å². The van der Waals surface area contributed by atoms with E-state index in [1.54, 1.807) is 13.8 Å². The van der Waals surface area contributed by atoms with Crippen LogP contribution < -0.4 is 5.32 Å². The van der Waals surface area contributed by atoms with Crippen LogP contribution in [0.15, 0.2) is 0 Å². The number of carboxylic acid groups (broad SMARTS) is 1. The maximum Gasteiger partial charge on any atom is 0.308 e. The Morgan fingerprint density at radius 2 is 1.65 bits per heavy atom. The molecule has 0 heterocycles. The van der Waals surface area contributed by atoms with Gasteiger partial charge >= 0.3 is 5.97 Å². The zero-order valence-corrected chi connectivity index (χ0v) is 11.7. The van der Waals surface area contributed by atoms with Crippen LogP contribution in [0.4, 0.5) is 0 Å². The van der Waals surface area contributed by atoms with Gasteiger partial charge in [0.1, 0.15) is 0 Å². The monoisotopic (exact) mass is 243 g/mol. The molecule has 0 fully saturated rings. The summed E-state index contributed by atoms with van der Waals surface area (Å²) < 4.78 is 0. The predicted molar refractivity (Wildman–Crippen MR) is 67.6 cm³/mol. The van der Waals surface area contributed by atoms with E-state index in [4.69, 9.17) is 5.11 Å². The molecular formula is C13H25NO3. The highest BCUT2D eigenvalue weighted by atomic mass is 16.4. The summed E-state index contributed by atoms with van der Waals surface area (Å²) in [5.41, 5.74) is 0.0823. The minimum atomic E-state index is -0.887. The molecule has 0 bridgehead atoms. The summed E-state index contributed by atoms with van der Waals surface area (Å²) in [6.45, 7) is 11.6. The lowest BCUT2D eigenvalue weighted by atomic mass is 9.80. The SMILES string of the molecule is CC(NC(=O)CC(C)C(C)(C)C)C(C)C(=O)O. The Hall–Kier alpha value is -1.06. The number of hydrogen-bond donors (Lipinski definition) is 2. The largest absolute Gasteiger partial charge is 0.481 e. The summed E-state index contributed by atoms with van der Waals surface area (Å²) in [4.78, 5) is 22.5. The first-order valence-electron chi connectivity index (χ1n) is 6.08. The van der Waals surface area contributed by atoms with Gasteiger partial charge in [-0.1, -0.05) is 27.7 Å². The standard InChI is InChI=1S/C13H25NO3/c1-8(13(4,5)6)7-11(15)14-10(3)9(2)12(16)17/h8-10H,7H2,1-6H3,(H,14,15)(H,16,17). The number of nitrogens with one attached hydrogen (secondary N) is 1. The maximum absolute atomic E-state index is 11.7. The van der Waals surface area contributed by atoms with Crippen molar-refractivity contribution in [3.05, 3.63) is 0 Å². The number of carbonyl (C=O) groups excluding carboxylic acids is 1. The molecular weight excluding hydrogens is 218 g/mol. The molecule has 0 aliphatic carbocycles. The Balaban J connectivity index is 4.24. The first-order valence-corrected chi connectivity index (χ1v) is 6.08. The highest BCUT2D eigenvalue weighted by molar-refractivity contribution is 5.78. The fourth-order valence-electron chi connectivity index (χ4n) is 1.24. The van der Waals surface area contributed by atoms with Gasteiger partial charge in [0.05, 0.1) is 5.92 Å². The molecule has 0 aromatic carbocycles. The average molecular weight is 243 g/mol. The number of carboxylic acids is 1. The van der Waals surface area contributed by atoms with Gasteiger partial charge in [-0.2, -0.15) is 0 Å². The number of hydrogen-bond acceptors (Lipinski definition) is 2. The van der Waals surface area contributed by atoms with Gasteiger partial charge in [-0.15, -0.1) is 0 Å². The quantitative estimate of drug-likeness (QED) is 0.778. The van der Waals surface area contributed by atoms with Crippen molar-refractivity contribution >= 4 is 11.9 Å². The molecule has 0 aliphatic heterocycles. The van der Waals surface area contributed by atoms with Crippen LogP contribution in [-0.2, 0) is 9.59 Å². The lowest BCUT2D eigenvalue weighted by Gasteiger charge is -2.27. The van der Waals surface area contributed by atoms with E-state index < -0.39 is 11.9 Å². The third-order valence-electron chi connectivity index (χ3n) is 3.50. The van der Waals surface area contributed by atoms with Gasteiger partial charge in [-0.25, -0.2) is 0 Å². The van der Waals surface area contributed by atoms with Gasteiger partial charge < -0.3 is 10.4 Å². The van der Waals surface area contributed by atoms with E-state index in [1.165, 1.54) is 0 Å². The zero-order chi connectivity index (χ0) is 13.8. The first-order chi connectivity index (χ1) is 7.55. The molecule has 100 valence electrons. The summed E-state index contributed by atoms with van der Waals surface area (Å²) in [5.74, 6) is -1.27. The van der Waals surface area contributed by atoms with Crippen LogP contribution in [0.3, 0.4) is 0 Å². The molecule has 4 nitrogen and oxygen atoms in total. The Labute approximate surface area is 104 Å². The van der Waals surface area contributed by atoms with E-state index in [2.05, 4.69) is 26.1 Å². The third-order valence-corrected chi connectivity index (χ3v) is 3.50. The smallest absolute Gasteiger partial charge is 0.308 e. The number of rotatable bonds is 5. The van der Waals surface area contributed by atoms with Crippen LogP contribution in [0.2, 0.25) is 0 Å². The van der Waals surface area contributed by atoms with Gasteiger partial charge in [0.15, 0.2) is 0 Å². The topological polar surface area (TPSA) is 66.4 Å². The van der Waals surface area contributed by atoms with Crippen molar-refractivity contribution in [3.8, 4) is 0 Å². The first kappa shape index (κ1) is 15.9. The van der Waals surface area contributed by atoms with Gasteiger partial charge in [0, 0.05) is 12.5 Å². The number of carbonyl (C=O) groups is 2. The Bertz CT molecular complexity index is 281. The summed E-state index contributed by atoms with van der Waals surface area (Å²) >= 11 is 0. The molecule has 1 amide bonds. The minimum Gasteiger partial charge on any atom is -0.481 e. The molecule has 0 aromatic rings. The van der Waals surface area contributed by atoms with Gasteiger partial charge in [-0.3, -0.25) is 9.59 Å². The second-order valence-corrected chi connectivity index (χ2v) is 5.95. The Morgan fingerprint density at radius 1 is 1.18 bits per heavy atom. The normalized spacial score (nSPS) is 17.1. The van der Waals surface area contributed by atoms with Crippen LogP contribution in [-0.4, -0.2) is 23.0 Å². The minimum absolute atomic E-state index is 0.0759. The van der Waals surface area contributed by atoms with Crippen LogP contribution in [0.1, 0.15) is 48.0 Å². The molecule has 3 atom stereocenters. The van der Waals surface area contributed by atoms with Crippen molar-refractivity contribution in [1.29, 1.82) is 0 Å². The van der Waals surface area contributed by atoms with Crippen LogP contribution in [0.25, 0.3) is 0 Å². The molecule has 2 N–H and O–H groups in total. The fraction of sp³-hybridized carbons (Fsp3) is 0.846. The molecule has 0 radical (unpaired) electrons. The molecule has 0 aliphatic rings. The second kappa shape index (κ2) is 6.03.